The quantitative estimate of drug-likeness (QED) is 0.846. The number of hydrogen-bond donors (Lipinski definition) is 1. The third-order valence-electron chi connectivity index (χ3n) is 2.86. The molecule has 2 aromatic rings. The van der Waals surface area contributed by atoms with Crippen molar-refractivity contribution < 1.29 is 22.7 Å². The molecule has 0 radical (unpaired) electrons. The second-order valence-electron chi connectivity index (χ2n) is 5.28. The van der Waals surface area contributed by atoms with Crippen LogP contribution in [0.2, 0.25) is 0 Å². The lowest BCUT2D eigenvalue weighted by molar-refractivity contribution is -0.151. The second-order valence-corrected chi connectivity index (χ2v) is 5.28. The molecule has 0 aromatic carbocycles. The largest absolute Gasteiger partial charge is 0.463 e. The number of nitrogens with zero attached hydrogens (tertiary/aromatic N) is 4. The first kappa shape index (κ1) is 17.0. The third-order valence-corrected chi connectivity index (χ3v) is 2.86. The van der Waals surface area contributed by atoms with E-state index in [1.165, 1.54) is 12.1 Å². The van der Waals surface area contributed by atoms with Gasteiger partial charge in [0.25, 0.3) is 5.82 Å². The normalized spacial score (nSPS) is 13.3. The van der Waals surface area contributed by atoms with E-state index >= 15 is 0 Å². The van der Waals surface area contributed by atoms with Gasteiger partial charge in [0, 0.05) is 6.54 Å². The molecule has 2 aromatic heterocycles. The van der Waals surface area contributed by atoms with Crippen molar-refractivity contribution in [3.8, 4) is 0 Å². The highest BCUT2D eigenvalue weighted by molar-refractivity contribution is 5.72. The monoisotopic (exact) mass is 331 g/mol. The fraction of sp³-hybridized carbons (Fsp3) is 0.538. The maximum Gasteiger partial charge on any atom is 0.453 e. The van der Waals surface area contributed by atoms with E-state index in [0.717, 1.165) is 0 Å². The molecule has 2 heterocycles. The number of nitrogens with one attached hydrogen (secondary N) is 1. The summed E-state index contributed by atoms with van der Waals surface area (Å²) < 4.78 is 44.0. The standard InChI is InChI=1S/C13H16F3N5O2/c1-7(2)23-11(22)8(3)6-17-9-4-5-10-18-19-12(13(14,15)16)21(10)20-9/h4-5,7-8H,6H2,1-3H3,(H,17,20). The van der Waals surface area contributed by atoms with Crippen molar-refractivity contribution in [2.75, 3.05) is 11.9 Å². The number of carbonyl (C=O) groups is 1. The van der Waals surface area contributed by atoms with Gasteiger partial charge in [0.05, 0.1) is 12.0 Å². The van der Waals surface area contributed by atoms with Crippen LogP contribution in [0.5, 0.6) is 0 Å². The second kappa shape index (κ2) is 6.39. The average molecular weight is 331 g/mol. The van der Waals surface area contributed by atoms with Gasteiger partial charge in [0.1, 0.15) is 5.82 Å². The van der Waals surface area contributed by atoms with E-state index in [0.29, 0.717) is 4.52 Å². The summed E-state index contributed by atoms with van der Waals surface area (Å²) in [4.78, 5) is 11.7. The van der Waals surface area contributed by atoms with Gasteiger partial charge in [-0.2, -0.15) is 17.7 Å². The minimum absolute atomic E-state index is 0.0184. The summed E-state index contributed by atoms with van der Waals surface area (Å²) in [6.07, 6.45) is -4.88. The Hall–Kier alpha value is -2.39. The minimum atomic E-state index is -4.65. The molecule has 0 saturated heterocycles. The number of esters is 1. The van der Waals surface area contributed by atoms with E-state index in [2.05, 4.69) is 20.6 Å². The van der Waals surface area contributed by atoms with Crippen LogP contribution in [0, 0.1) is 5.92 Å². The van der Waals surface area contributed by atoms with Crippen molar-refractivity contribution in [3.05, 3.63) is 18.0 Å². The molecule has 0 aliphatic carbocycles. The van der Waals surface area contributed by atoms with E-state index in [4.69, 9.17) is 4.74 Å². The zero-order valence-corrected chi connectivity index (χ0v) is 12.8. The molecule has 0 fully saturated rings. The Morgan fingerprint density at radius 2 is 2.00 bits per heavy atom. The highest BCUT2D eigenvalue weighted by atomic mass is 19.4. The highest BCUT2D eigenvalue weighted by Crippen LogP contribution is 2.27. The molecule has 0 saturated carbocycles. The van der Waals surface area contributed by atoms with Crippen LogP contribution >= 0.6 is 0 Å². The van der Waals surface area contributed by atoms with Gasteiger partial charge in [-0.25, -0.2) is 0 Å². The van der Waals surface area contributed by atoms with Crippen LogP contribution in [0.4, 0.5) is 19.0 Å². The average Bonchev–Trinajstić information content (AvgIpc) is 2.86. The van der Waals surface area contributed by atoms with Gasteiger partial charge in [-0.3, -0.25) is 4.79 Å². The lowest BCUT2D eigenvalue weighted by Crippen LogP contribution is -2.25. The summed E-state index contributed by atoms with van der Waals surface area (Å²) in [6.45, 7) is 5.29. The Morgan fingerprint density at radius 1 is 1.30 bits per heavy atom. The molecule has 1 N–H and O–H groups in total. The summed E-state index contributed by atoms with van der Waals surface area (Å²) in [5.74, 6) is -1.90. The van der Waals surface area contributed by atoms with E-state index < -0.39 is 23.9 Å². The number of aromatic nitrogens is 4. The first-order valence-electron chi connectivity index (χ1n) is 6.92. The van der Waals surface area contributed by atoms with Crippen molar-refractivity contribution in [1.29, 1.82) is 0 Å². The highest BCUT2D eigenvalue weighted by Gasteiger charge is 2.37. The summed E-state index contributed by atoms with van der Waals surface area (Å²) in [5.41, 5.74) is -0.0184. The Kier molecular flexibility index (Phi) is 4.71. The predicted molar refractivity (Wildman–Crippen MR) is 74.7 cm³/mol. The number of hydrogen-bond acceptors (Lipinski definition) is 6. The van der Waals surface area contributed by atoms with Gasteiger partial charge in [0.2, 0.25) is 0 Å². The smallest absolute Gasteiger partial charge is 0.453 e. The van der Waals surface area contributed by atoms with Crippen LogP contribution in [0.25, 0.3) is 5.65 Å². The Balaban J connectivity index is 2.11. The third kappa shape index (κ3) is 4.08. The maximum atomic E-state index is 12.8. The molecule has 126 valence electrons. The summed E-state index contributed by atoms with van der Waals surface area (Å²) in [6, 6.07) is 2.82. The number of carbonyl (C=O) groups excluding carboxylic acids is 1. The molecule has 2 rings (SSSR count). The van der Waals surface area contributed by atoms with Crippen molar-refractivity contribution >= 4 is 17.4 Å². The van der Waals surface area contributed by atoms with Crippen molar-refractivity contribution in [3.63, 3.8) is 0 Å². The van der Waals surface area contributed by atoms with Gasteiger partial charge in [-0.05, 0) is 26.0 Å². The van der Waals surface area contributed by atoms with E-state index in [1.54, 1.807) is 20.8 Å². The molecular formula is C13H16F3N5O2. The van der Waals surface area contributed by atoms with Crippen LogP contribution in [0.15, 0.2) is 12.1 Å². The van der Waals surface area contributed by atoms with Crippen molar-refractivity contribution in [2.45, 2.75) is 33.1 Å². The van der Waals surface area contributed by atoms with Gasteiger partial charge < -0.3 is 10.1 Å². The number of ether oxygens (including phenoxy) is 1. The van der Waals surface area contributed by atoms with Crippen molar-refractivity contribution in [1.82, 2.24) is 19.8 Å². The lowest BCUT2D eigenvalue weighted by Gasteiger charge is -2.14. The Bertz CT molecular complexity index is 698. The predicted octanol–water partition coefficient (Wildman–Crippen LogP) is 2.14. The molecule has 1 atom stereocenters. The molecule has 0 bridgehead atoms. The number of halogens is 3. The molecule has 0 spiro atoms. The van der Waals surface area contributed by atoms with Crippen LogP contribution in [-0.4, -0.2) is 38.4 Å². The molecule has 0 amide bonds. The fourth-order valence-electron chi connectivity index (χ4n) is 1.75. The van der Waals surface area contributed by atoms with Crippen LogP contribution in [0.3, 0.4) is 0 Å². The van der Waals surface area contributed by atoms with Gasteiger partial charge >= 0.3 is 12.1 Å². The lowest BCUT2D eigenvalue weighted by atomic mass is 10.2. The first-order chi connectivity index (χ1) is 10.7. The first-order valence-corrected chi connectivity index (χ1v) is 6.92. The zero-order chi connectivity index (χ0) is 17.2. The number of anilines is 1. The number of fused-ring (bicyclic) bond motifs is 1. The Morgan fingerprint density at radius 3 is 2.61 bits per heavy atom. The van der Waals surface area contributed by atoms with Crippen LogP contribution in [0.1, 0.15) is 26.6 Å². The van der Waals surface area contributed by atoms with Gasteiger partial charge in [-0.15, -0.1) is 15.3 Å². The van der Waals surface area contributed by atoms with Crippen LogP contribution in [-0.2, 0) is 15.7 Å². The SMILES string of the molecule is CC(C)OC(=O)C(C)CNc1ccc2nnc(C(F)(F)F)n2n1. The molecule has 7 nitrogen and oxygen atoms in total. The van der Waals surface area contributed by atoms with E-state index in [9.17, 15) is 18.0 Å². The summed E-state index contributed by atoms with van der Waals surface area (Å²) in [5, 5.41) is 13.1. The van der Waals surface area contributed by atoms with E-state index in [1.807, 2.05) is 0 Å². The number of rotatable bonds is 5. The summed E-state index contributed by atoms with van der Waals surface area (Å²) >= 11 is 0. The summed E-state index contributed by atoms with van der Waals surface area (Å²) in [7, 11) is 0. The fourth-order valence-corrected chi connectivity index (χ4v) is 1.75. The zero-order valence-electron chi connectivity index (χ0n) is 12.8. The molecule has 23 heavy (non-hydrogen) atoms. The molecule has 0 aliphatic rings. The minimum Gasteiger partial charge on any atom is -0.463 e. The van der Waals surface area contributed by atoms with E-state index in [-0.39, 0.29) is 24.1 Å². The molecule has 10 heteroatoms. The molecule has 1 unspecified atom stereocenters. The van der Waals surface area contributed by atoms with Crippen molar-refractivity contribution in [2.24, 2.45) is 5.92 Å². The maximum absolute atomic E-state index is 12.8. The number of alkyl halides is 3. The topological polar surface area (TPSA) is 81.4 Å². The molecular weight excluding hydrogens is 315 g/mol. The van der Waals surface area contributed by atoms with Gasteiger partial charge in [0.15, 0.2) is 5.65 Å². The van der Waals surface area contributed by atoms with Crippen LogP contribution < -0.4 is 5.32 Å². The van der Waals surface area contributed by atoms with Gasteiger partial charge in [-0.1, -0.05) is 6.92 Å². The molecule has 0 aliphatic heterocycles. The Labute approximate surface area is 129 Å².